The Labute approximate surface area is 183 Å². The fraction of sp³-hybridized carbons (Fsp3) is 0. The molecular formula is C21H16N6O4S. The number of furan rings is 1. The van der Waals surface area contributed by atoms with E-state index in [1.807, 2.05) is 0 Å². The number of nitrogens with zero attached hydrogens (tertiary/aromatic N) is 4. The van der Waals surface area contributed by atoms with Crippen molar-refractivity contribution in [3.63, 3.8) is 0 Å². The van der Waals surface area contributed by atoms with E-state index >= 15 is 0 Å². The van der Waals surface area contributed by atoms with Crippen LogP contribution in [0.15, 0.2) is 93.8 Å². The van der Waals surface area contributed by atoms with Crippen molar-refractivity contribution in [2.45, 2.75) is 4.90 Å². The van der Waals surface area contributed by atoms with Crippen molar-refractivity contribution in [3.05, 3.63) is 90.7 Å². The molecule has 160 valence electrons. The lowest BCUT2D eigenvalue weighted by Gasteiger charge is -2.06. The SMILES string of the molecule is O=C(N/N=C\c1ccc(-c2ccc(S(=O)(=O)Nc3ncccn3)cc2)o1)c1cccnc1. The Morgan fingerprint density at radius 2 is 1.75 bits per heavy atom. The van der Waals surface area contributed by atoms with Crippen molar-refractivity contribution in [1.82, 2.24) is 20.4 Å². The summed E-state index contributed by atoms with van der Waals surface area (Å²) in [4.78, 5) is 23.6. The van der Waals surface area contributed by atoms with Crippen molar-refractivity contribution < 1.29 is 17.6 Å². The number of aromatic nitrogens is 3. The minimum absolute atomic E-state index is 0.0119. The second-order valence-corrected chi connectivity index (χ2v) is 8.03. The van der Waals surface area contributed by atoms with Gasteiger partial charge in [0.15, 0.2) is 0 Å². The van der Waals surface area contributed by atoms with Crippen LogP contribution in [-0.2, 0) is 10.0 Å². The van der Waals surface area contributed by atoms with Gasteiger partial charge in [0, 0.05) is 30.4 Å². The zero-order chi connectivity index (χ0) is 22.4. The molecule has 11 heteroatoms. The molecule has 4 aromatic rings. The van der Waals surface area contributed by atoms with E-state index in [-0.39, 0.29) is 10.8 Å². The van der Waals surface area contributed by atoms with E-state index in [1.54, 1.807) is 48.7 Å². The number of carbonyl (C=O) groups is 1. The van der Waals surface area contributed by atoms with E-state index in [0.717, 1.165) is 0 Å². The summed E-state index contributed by atoms with van der Waals surface area (Å²) in [5.74, 6) is 0.508. The molecule has 32 heavy (non-hydrogen) atoms. The Hall–Kier alpha value is -4.38. The first-order valence-electron chi connectivity index (χ1n) is 9.25. The van der Waals surface area contributed by atoms with Gasteiger partial charge in [-0.3, -0.25) is 9.78 Å². The molecule has 1 amide bonds. The summed E-state index contributed by atoms with van der Waals surface area (Å²) in [5, 5.41) is 3.87. The normalized spacial score (nSPS) is 11.4. The Kier molecular flexibility index (Phi) is 5.99. The van der Waals surface area contributed by atoms with Gasteiger partial charge in [-0.1, -0.05) is 0 Å². The fourth-order valence-electron chi connectivity index (χ4n) is 2.62. The van der Waals surface area contributed by atoms with Gasteiger partial charge >= 0.3 is 0 Å². The molecule has 1 aromatic carbocycles. The third-order valence-corrected chi connectivity index (χ3v) is 5.49. The summed E-state index contributed by atoms with van der Waals surface area (Å²) in [5.41, 5.74) is 3.44. The topological polar surface area (TPSA) is 139 Å². The Balaban J connectivity index is 1.41. The van der Waals surface area contributed by atoms with Crippen LogP contribution in [-0.4, -0.2) is 35.5 Å². The van der Waals surface area contributed by atoms with E-state index in [2.05, 4.69) is 30.2 Å². The molecule has 0 unspecified atom stereocenters. The number of hydrazone groups is 1. The van der Waals surface area contributed by atoms with Crippen LogP contribution < -0.4 is 10.1 Å². The number of hydrogen-bond donors (Lipinski definition) is 2. The smallest absolute Gasteiger partial charge is 0.272 e. The summed E-state index contributed by atoms with van der Waals surface area (Å²) in [6, 6.07) is 14.4. The molecule has 0 aliphatic carbocycles. The quantitative estimate of drug-likeness (QED) is 0.327. The molecule has 0 radical (unpaired) electrons. The van der Waals surface area contributed by atoms with Gasteiger partial charge in [0.05, 0.1) is 16.7 Å². The molecular weight excluding hydrogens is 432 g/mol. The van der Waals surface area contributed by atoms with E-state index in [9.17, 15) is 13.2 Å². The molecule has 0 spiro atoms. The molecule has 0 aliphatic rings. The van der Waals surface area contributed by atoms with E-state index < -0.39 is 15.9 Å². The first kappa shape index (κ1) is 20.9. The average Bonchev–Trinajstić information content (AvgIpc) is 3.29. The van der Waals surface area contributed by atoms with Crippen LogP contribution in [0.4, 0.5) is 5.95 Å². The molecule has 0 saturated carbocycles. The maximum absolute atomic E-state index is 12.5. The standard InChI is InChI=1S/C21H16N6O4S/c28-20(16-3-1-10-22-13-16)26-25-14-17-6-9-19(31-17)15-4-7-18(8-5-15)32(29,30)27-21-23-11-2-12-24-21/h1-14H,(H,26,28)(H,23,24,27)/b25-14-. The molecule has 0 aliphatic heterocycles. The number of carbonyl (C=O) groups excluding carboxylic acids is 1. The van der Waals surface area contributed by atoms with Gasteiger partial charge in [-0.2, -0.15) is 5.10 Å². The Bertz CT molecular complexity index is 1340. The third-order valence-electron chi connectivity index (χ3n) is 4.15. The summed E-state index contributed by atoms with van der Waals surface area (Å²) in [6.07, 6.45) is 7.25. The summed E-state index contributed by atoms with van der Waals surface area (Å²) in [7, 11) is -3.82. The maximum Gasteiger partial charge on any atom is 0.272 e. The second-order valence-electron chi connectivity index (χ2n) is 6.35. The molecule has 0 saturated heterocycles. The fourth-order valence-corrected chi connectivity index (χ4v) is 3.58. The van der Waals surface area contributed by atoms with Crippen LogP contribution in [0.25, 0.3) is 11.3 Å². The number of sulfonamides is 1. The number of benzene rings is 1. The van der Waals surface area contributed by atoms with Gasteiger partial charge in [0.2, 0.25) is 5.95 Å². The van der Waals surface area contributed by atoms with Gasteiger partial charge in [0.1, 0.15) is 11.5 Å². The molecule has 2 N–H and O–H groups in total. The number of amides is 1. The zero-order valence-corrected chi connectivity index (χ0v) is 17.2. The zero-order valence-electron chi connectivity index (χ0n) is 16.4. The van der Waals surface area contributed by atoms with E-state index in [1.165, 1.54) is 36.9 Å². The first-order valence-corrected chi connectivity index (χ1v) is 10.7. The highest BCUT2D eigenvalue weighted by Gasteiger charge is 2.16. The highest BCUT2D eigenvalue weighted by atomic mass is 32.2. The molecule has 0 atom stereocenters. The molecule has 3 heterocycles. The van der Waals surface area contributed by atoms with Crippen molar-refractivity contribution in [3.8, 4) is 11.3 Å². The van der Waals surface area contributed by atoms with Crippen LogP contribution >= 0.6 is 0 Å². The van der Waals surface area contributed by atoms with Crippen LogP contribution in [0.5, 0.6) is 0 Å². The number of pyridine rings is 1. The van der Waals surface area contributed by atoms with E-state index in [4.69, 9.17) is 4.42 Å². The van der Waals surface area contributed by atoms with Crippen LogP contribution in [0.2, 0.25) is 0 Å². The average molecular weight is 448 g/mol. The van der Waals surface area contributed by atoms with Gasteiger partial charge in [-0.05, 0) is 54.6 Å². The summed E-state index contributed by atoms with van der Waals surface area (Å²) in [6.45, 7) is 0. The molecule has 10 nitrogen and oxygen atoms in total. The lowest BCUT2D eigenvalue weighted by molar-refractivity contribution is 0.0954. The lowest BCUT2D eigenvalue weighted by Crippen LogP contribution is -2.17. The van der Waals surface area contributed by atoms with Crippen molar-refractivity contribution >= 4 is 28.1 Å². The van der Waals surface area contributed by atoms with Crippen LogP contribution in [0, 0.1) is 0 Å². The maximum atomic E-state index is 12.5. The number of anilines is 1. The predicted molar refractivity (Wildman–Crippen MR) is 116 cm³/mol. The predicted octanol–water partition coefficient (Wildman–Crippen LogP) is 2.70. The van der Waals surface area contributed by atoms with Gasteiger partial charge in [-0.25, -0.2) is 28.5 Å². The second kappa shape index (κ2) is 9.18. The highest BCUT2D eigenvalue weighted by molar-refractivity contribution is 7.92. The minimum atomic E-state index is -3.82. The van der Waals surface area contributed by atoms with Crippen molar-refractivity contribution in [2.75, 3.05) is 4.72 Å². The molecule has 4 rings (SSSR count). The molecule has 3 aromatic heterocycles. The van der Waals surface area contributed by atoms with Gasteiger partial charge < -0.3 is 4.42 Å². The Morgan fingerprint density at radius 3 is 2.47 bits per heavy atom. The van der Waals surface area contributed by atoms with Gasteiger partial charge in [0.25, 0.3) is 15.9 Å². The highest BCUT2D eigenvalue weighted by Crippen LogP contribution is 2.23. The monoisotopic (exact) mass is 448 g/mol. The Morgan fingerprint density at radius 1 is 0.969 bits per heavy atom. The van der Waals surface area contributed by atoms with Crippen molar-refractivity contribution in [2.24, 2.45) is 5.10 Å². The molecule has 0 fully saturated rings. The minimum Gasteiger partial charge on any atom is -0.455 e. The largest absolute Gasteiger partial charge is 0.455 e. The van der Waals surface area contributed by atoms with Crippen LogP contribution in [0.3, 0.4) is 0 Å². The first-order chi connectivity index (χ1) is 15.5. The van der Waals surface area contributed by atoms with Gasteiger partial charge in [-0.15, -0.1) is 0 Å². The number of hydrogen-bond acceptors (Lipinski definition) is 8. The van der Waals surface area contributed by atoms with E-state index in [0.29, 0.717) is 22.6 Å². The van der Waals surface area contributed by atoms with Crippen molar-refractivity contribution in [1.29, 1.82) is 0 Å². The number of rotatable bonds is 7. The lowest BCUT2D eigenvalue weighted by atomic mass is 10.2. The number of nitrogens with one attached hydrogen (secondary N) is 2. The summed E-state index contributed by atoms with van der Waals surface area (Å²) >= 11 is 0. The molecule has 0 bridgehead atoms. The summed E-state index contributed by atoms with van der Waals surface area (Å²) < 4.78 is 32.9. The van der Waals surface area contributed by atoms with Crippen LogP contribution in [0.1, 0.15) is 16.1 Å². The third kappa shape index (κ3) is 5.02.